The van der Waals surface area contributed by atoms with Gasteiger partial charge in [-0.1, -0.05) is 27.7 Å². The molecule has 72 valence electrons. The molecule has 0 aliphatic heterocycles. The molecule has 0 saturated carbocycles. The highest BCUT2D eigenvalue weighted by Gasteiger charge is 2.07. The Kier molecular flexibility index (Phi) is 3.44. The van der Waals surface area contributed by atoms with Gasteiger partial charge in [-0.3, -0.25) is 4.98 Å². The Bertz CT molecular complexity index is 292. The van der Waals surface area contributed by atoms with E-state index < -0.39 is 0 Å². The molecule has 0 spiro atoms. The van der Waals surface area contributed by atoms with E-state index in [2.05, 4.69) is 48.0 Å². The van der Waals surface area contributed by atoms with Crippen LogP contribution in [-0.4, -0.2) is 4.98 Å². The van der Waals surface area contributed by atoms with Crippen LogP contribution in [0.25, 0.3) is 0 Å². The van der Waals surface area contributed by atoms with Crippen LogP contribution in [-0.2, 0) is 0 Å². The summed E-state index contributed by atoms with van der Waals surface area (Å²) < 4.78 is 0. The number of rotatable bonds is 2. The fourth-order valence-corrected chi connectivity index (χ4v) is 1.91. The van der Waals surface area contributed by atoms with Crippen molar-refractivity contribution in [2.45, 2.75) is 39.5 Å². The second-order valence-corrected chi connectivity index (χ2v) is 4.67. The third-order valence-electron chi connectivity index (χ3n) is 2.18. The molecule has 2 heteroatoms. The minimum Gasteiger partial charge on any atom is -0.260 e. The summed E-state index contributed by atoms with van der Waals surface area (Å²) in [5.41, 5.74) is 2.50. The van der Waals surface area contributed by atoms with Crippen molar-refractivity contribution in [1.82, 2.24) is 4.98 Å². The van der Waals surface area contributed by atoms with Crippen molar-refractivity contribution < 1.29 is 0 Å². The fraction of sp³-hybridized carbons (Fsp3) is 0.545. The van der Waals surface area contributed by atoms with E-state index in [1.807, 2.05) is 6.20 Å². The van der Waals surface area contributed by atoms with Gasteiger partial charge in [0.25, 0.3) is 0 Å². The van der Waals surface area contributed by atoms with Crippen molar-refractivity contribution in [1.29, 1.82) is 0 Å². The van der Waals surface area contributed by atoms with Gasteiger partial charge < -0.3 is 0 Å². The first-order valence-electron chi connectivity index (χ1n) is 4.77. The molecule has 1 nitrogen and oxygen atoms in total. The monoisotopic (exact) mass is 195 g/mol. The lowest BCUT2D eigenvalue weighted by atomic mass is 10.0. The minimum atomic E-state index is 0.508. The molecule has 0 saturated heterocycles. The quantitative estimate of drug-likeness (QED) is 0.661. The maximum atomic E-state index is 4.48. The molecule has 0 aliphatic rings. The van der Waals surface area contributed by atoms with E-state index in [-0.39, 0.29) is 0 Å². The van der Waals surface area contributed by atoms with Gasteiger partial charge in [0.1, 0.15) is 0 Å². The molecule has 0 fully saturated rings. The van der Waals surface area contributed by atoms with Crippen molar-refractivity contribution in [3.63, 3.8) is 0 Å². The van der Waals surface area contributed by atoms with Crippen LogP contribution in [0, 0.1) is 0 Å². The van der Waals surface area contributed by atoms with E-state index in [4.69, 9.17) is 0 Å². The molecular weight excluding hydrogens is 177 g/mol. The summed E-state index contributed by atoms with van der Waals surface area (Å²) in [5.74, 6) is 1.07. The third kappa shape index (κ3) is 2.51. The normalized spacial score (nSPS) is 11.3. The van der Waals surface area contributed by atoms with Crippen LogP contribution in [0.3, 0.4) is 0 Å². The maximum absolute atomic E-state index is 4.48. The summed E-state index contributed by atoms with van der Waals surface area (Å²) in [7, 11) is 2.77. The molecule has 0 radical (unpaired) electrons. The van der Waals surface area contributed by atoms with E-state index in [1.165, 1.54) is 16.6 Å². The fourth-order valence-electron chi connectivity index (χ4n) is 1.31. The predicted octanol–water partition coefficient (Wildman–Crippen LogP) is 2.83. The number of aromatic nitrogens is 1. The largest absolute Gasteiger partial charge is 0.260 e. The van der Waals surface area contributed by atoms with Gasteiger partial charge in [0.15, 0.2) is 0 Å². The highest BCUT2D eigenvalue weighted by Crippen LogP contribution is 2.16. The molecule has 0 bridgehead atoms. The summed E-state index contributed by atoms with van der Waals surface area (Å²) >= 11 is 0. The van der Waals surface area contributed by atoms with Crippen LogP contribution in [0.1, 0.15) is 50.8 Å². The number of hydrogen-bond donors (Lipinski definition) is 0. The van der Waals surface area contributed by atoms with Crippen molar-refractivity contribution in [2.75, 3.05) is 0 Å². The molecule has 1 rings (SSSR count). The van der Waals surface area contributed by atoms with Gasteiger partial charge in [0.05, 0.1) is 5.69 Å². The van der Waals surface area contributed by atoms with Gasteiger partial charge in [-0.15, -0.1) is 9.24 Å². The van der Waals surface area contributed by atoms with Gasteiger partial charge >= 0.3 is 0 Å². The summed E-state index contributed by atoms with van der Waals surface area (Å²) in [5, 5.41) is 1.24. The zero-order valence-electron chi connectivity index (χ0n) is 8.83. The molecule has 0 amide bonds. The van der Waals surface area contributed by atoms with Crippen LogP contribution in [0.2, 0.25) is 0 Å². The Morgan fingerprint density at radius 2 is 1.77 bits per heavy atom. The molecule has 1 atom stereocenters. The summed E-state index contributed by atoms with van der Waals surface area (Å²) in [6, 6.07) is 2.22. The standard InChI is InChI=1S/C11H18NP/c1-7(2)9-5-10(13)11(8(3)4)12-6-9/h5-8H,13H2,1-4H3. The van der Waals surface area contributed by atoms with E-state index in [9.17, 15) is 0 Å². The average molecular weight is 195 g/mol. The van der Waals surface area contributed by atoms with Crippen LogP contribution >= 0.6 is 9.24 Å². The number of hydrogen-bond acceptors (Lipinski definition) is 1. The predicted molar refractivity (Wildman–Crippen MR) is 61.8 cm³/mol. The zero-order chi connectivity index (χ0) is 10.0. The Hall–Kier alpha value is -0.420. The third-order valence-corrected chi connectivity index (χ3v) is 2.65. The van der Waals surface area contributed by atoms with Crippen molar-refractivity contribution in [3.8, 4) is 0 Å². The Balaban J connectivity index is 3.06. The first-order chi connectivity index (χ1) is 6.02. The lowest BCUT2D eigenvalue weighted by molar-refractivity contribution is 0.811. The molecule has 13 heavy (non-hydrogen) atoms. The van der Waals surface area contributed by atoms with Gasteiger partial charge in [-0.2, -0.15) is 0 Å². The van der Waals surface area contributed by atoms with E-state index in [0.717, 1.165) is 0 Å². The minimum absolute atomic E-state index is 0.508. The molecule has 1 unspecified atom stereocenters. The Labute approximate surface area is 83.2 Å². The first-order valence-corrected chi connectivity index (χ1v) is 5.35. The molecule has 0 aromatic carbocycles. The Morgan fingerprint density at radius 3 is 2.15 bits per heavy atom. The molecule has 1 heterocycles. The van der Waals surface area contributed by atoms with Gasteiger partial charge in [0.2, 0.25) is 0 Å². The molecule has 1 aromatic heterocycles. The number of pyridine rings is 1. The van der Waals surface area contributed by atoms with Gasteiger partial charge in [-0.05, 0) is 28.8 Å². The van der Waals surface area contributed by atoms with E-state index in [1.54, 1.807) is 0 Å². The van der Waals surface area contributed by atoms with Gasteiger partial charge in [0, 0.05) is 6.20 Å². The number of nitrogens with zero attached hydrogens (tertiary/aromatic N) is 1. The molecule has 1 aromatic rings. The van der Waals surface area contributed by atoms with Crippen molar-refractivity contribution >= 4 is 14.5 Å². The maximum Gasteiger partial charge on any atom is 0.0500 e. The highest BCUT2D eigenvalue weighted by atomic mass is 31.0. The topological polar surface area (TPSA) is 12.9 Å². The zero-order valence-corrected chi connectivity index (χ0v) is 9.99. The average Bonchev–Trinajstić information content (AvgIpc) is 2.03. The Morgan fingerprint density at radius 1 is 1.15 bits per heavy atom. The highest BCUT2D eigenvalue weighted by molar-refractivity contribution is 7.27. The summed E-state index contributed by atoms with van der Waals surface area (Å²) in [4.78, 5) is 4.48. The molecular formula is C11H18NP. The first kappa shape index (κ1) is 10.7. The van der Waals surface area contributed by atoms with Crippen LogP contribution in [0.5, 0.6) is 0 Å². The molecule has 0 N–H and O–H groups in total. The van der Waals surface area contributed by atoms with Crippen LogP contribution < -0.4 is 5.30 Å². The molecule has 0 aliphatic carbocycles. The van der Waals surface area contributed by atoms with Crippen LogP contribution in [0.15, 0.2) is 12.3 Å². The van der Waals surface area contributed by atoms with Crippen LogP contribution in [0.4, 0.5) is 0 Å². The lowest BCUT2D eigenvalue weighted by Gasteiger charge is -2.11. The van der Waals surface area contributed by atoms with Crippen molar-refractivity contribution in [2.24, 2.45) is 0 Å². The second-order valence-electron chi connectivity index (χ2n) is 4.05. The van der Waals surface area contributed by atoms with Gasteiger partial charge in [-0.25, -0.2) is 0 Å². The van der Waals surface area contributed by atoms with E-state index in [0.29, 0.717) is 11.8 Å². The summed E-state index contributed by atoms with van der Waals surface area (Å²) in [6.45, 7) is 8.72. The smallest absolute Gasteiger partial charge is 0.0500 e. The second kappa shape index (κ2) is 4.19. The summed E-state index contributed by atoms with van der Waals surface area (Å²) in [6.07, 6.45) is 1.99. The lowest BCUT2D eigenvalue weighted by Crippen LogP contribution is -2.08. The SMILES string of the molecule is CC(C)c1cnc(C(C)C)c(P)c1. The van der Waals surface area contributed by atoms with E-state index >= 15 is 0 Å². The van der Waals surface area contributed by atoms with Crippen molar-refractivity contribution in [3.05, 3.63) is 23.5 Å².